The number of carbonyl (C=O) groups is 1. The monoisotopic (exact) mass is 297 g/mol. The van der Waals surface area contributed by atoms with Gasteiger partial charge in [-0.25, -0.2) is 9.52 Å². The van der Waals surface area contributed by atoms with Crippen LogP contribution in [0.2, 0.25) is 0 Å². The summed E-state index contributed by atoms with van der Waals surface area (Å²) in [4.78, 5) is 10.9. The minimum atomic E-state index is -4.05. The third kappa shape index (κ3) is 4.79. The van der Waals surface area contributed by atoms with Gasteiger partial charge < -0.3 is 10.5 Å². The Labute approximate surface area is 117 Å². The summed E-state index contributed by atoms with van der Waals surface area (Å²) in [5.74, 6) is 5.45. The van der Waals surface area contributed by atoms with E-state index in [1.54, 1.807) is 29.8 Å². The molecule has 8 heteroatoms. The van der Waals surface area contributed by atoms with E-state index in [-0.39, 0.29) is 6.54 Å². The van der Waals surface area contributed by atoms with E-state index < -0.39 is 16.3 Å². The van der Waals surface area contributed by atoms with Crippen LogP contribution in [0.1, 0.15) is 11.1 Å². The summed E-state index contributed by atoms with van der Waals surface area (Å²) in [6, 6.07) is 4.99. The van der Waals surface area contributed by atoms with Crippen molar-refractivity contribution < 1.29 is 17.9 Å². The van der Waals surface area contributed by atoms with E-state index >= 15 is 0 Å². The molecule has 0 aliphatic heterocycles. The number of methoxy groups -OCH3 is 1. The van der Waals surface area contributed by atoms with Gasteiger partial charge in [-0.2, -0.15) is 8.42 Å². The normalized spacial score (nSPS) is 10.2. The number of ether oxygens (including phenoxy) is 1. The Hall–Kier alpha value is -2.24. The van der Waals surface area contributed by atoms with Crippen LogP contribution in [-0.2, 0) is 14.9 Å². The largest absolute Gasteiger partial charge is 0.452 e. The van der Waals surface area contributed by atoms with E-state index in [2.05, 4.69) is 21.3 Å². The number of carbonyl (C=O) groups excluding carboxylic acids is 1. The molecule has 0 unspecified atom stereocenters. The summed E-state index contributed by atoms with van der Waals surface area (Å²) < 4.78 is 31.5. The van der Waals surface area contributed by atoms with Gasteiger partial charge in [-0.1, -0.05) is 17.9 Å². The summed E-state index contributed by atoms with van der Waals surface area (Å²) in [5, 5.41) is 0. The molecule has 20 heavy (non-hydrogen) atoms. The zero-order valence-electron chi connectivity index (χ0n) is 11.1. The van der Waals surface area contributed by atoms with Crippen molar-refractivity contribution in [2.75, 3.05) is 18.4 Å². The average molecular weight is 297 g/mol. The maximum Gasteiger partial charge on any atom is 0.422 e. The number of nitrogens with one attached hydrogen (secondary N) is 2. The van der Waals surface area contributed by atoms with Gasteiger partial charge >= 0.3 is 16.3 Å². The number of anilines is 1. The maximum atomic E-state index is 11.7. The fourth-order valence-electron chi connectivity index (χ4n) is 1.28. The summed E-state index contributed by atoms with van der Waals surface area (Å²) in [6.45, 7) is 1.93. The highest BCUT2D eigenvalue weighted by Crippen LogP contribution is 2.17. The van der Waals surface area contributed by atoms with Gasteiger partial charge in [0.25, 0.3) is 0 Å². The second-order valence-corrected chi connectivity index (χ2v) is 5.15. The number of rotatable bonds is 3. The van der Waals surface area contributed by atoms with Crippen molar-refractivity contribution >= 4 is 22.0 Å². The lowest BCUT2D eigenvalue weighted by Gasteiger charge is -2.11. The highest BCUT2D eigenvalue weighted by Gasteiger charge is 2.15. The molecule has 4 N–H and O–H groups in total. The van der Waals surface area contributed by atoms with Crippen LogP contribution in [0, 0.1) is 18.8 Å². The van der Waals surface area contributed by atoms with Gasteiger partial charge in [0.05, 0.1) is 19.3 Å². The first-order valence-electron chi connectivity index (χ1n) is 5.56. The topological polar surface area (TPSA) is 111 Å². The molecule has 0 spiro atoms. The molecule has 0 aromatic heterocycles. The second kappa shape index (κ2) is 6.79. The molecule has 7 nitrogen and oxygen atoms in total. The van der Waals surface area contributed by atoms with Crippen LogP contribution >= 0.6 is 0 Å². The van der Waals surface area contributed by atoms with E-state index in [9.17, 15) is 13.2 Å². The number of nitrogens with two attached hydrogens (primary N) is 1. The van der Waals surface area contributed by atoms with Crippen LogP contribution in [0.25, 0.3) is 0 Å². The standard InChI is InChI=1S/C12H15N3O4S/c1-9-5-6-10(4-3-7-13)8-11(9)14-20(17,18)15-12(16)19-2/h5-6,8,14H,7,13H2,1-2H3,(H,15,16). The average Bonchev–Trinajstić information content (AvgIpc) is 2.38. The summed E-state index contributed by atoms with van der Waals surface area (Å²) >= 11 is 0. The zero-order chi connectivity index (χ0) is 15.2. The number of amides is 1. The third-order valence-corrected chi connectivity index (χ3v) is 3.14. The Morgan fingerprint density at radius 2 is 2.15 bits per heavy atom. The first kappa shape index (κ1) is 15.8. The molecule has 1 aromatic rings. The van der Waals surface area contributed by atoms with E-state index in [1.807, 2.05) is 0 Å². The van der Waals surface area contributed by atoms with Gasteiger partial charge in [-0.15, -0.1) is 0 Å². The molecule has 0 aliphatic carbocycles. The van der Waals surface area contributed by atoms with Crippen LogP contribution < -0.4 is 15.2 Å². The van der Waals surface area contributed by atoms with Crippen molar-refractivity contribution in [3.63, 3.8) is 0 Å². The molecule has 0 fully saturated rings. The number of hydrogen-bond acceptors (Lipinski definition) is 5. The zero-order valence-corrected chi connectivity index (χ0v) is 11.9. The molecule has 0 saturated heterocycles. The van der Waals surface area contributed by atoms with Crippen LogP contribution in [0.3, 0.4) is 0 Å². The maximum absolute atomic E-state index is 11.7. The molecular formula is C12H15N3O4S. The van der Waals surface area contributed by atoms with Crippen molar-refractivity contribution in [1.29, 1.82) is 0 Å². The Balaban J connectivity index is 2.99. The summed E-state index contributed by atoms with van der Waals surface area (Å²) in [5.41, 5.74) is 6.87. The number of hydrogen-bond donors (Lipinski definition) is 3. The number of benzene rings is 1. The highest BCUT2D eigenvalue weighted by atomic mass is 32.2. The van der Waals surface area contributed by atoms with Crippen LogP contribution in [-0.4, -0.2) is 28.2 Å². The van der Waals surface area contributed by atoms with E-state index in [0.717, 1.165) is 7.11 Å². The fraction of sp³-hybridized carbons (Fsp3) is 0.250. The molecule has 0 atom stereocenters. The van der Waals surface area contributed by atoms with Crippen LogP contribution in [0.4, 0.5) is 10.5 Å². The SMILES string of the molecule is COC(=O)NS(=O)(=O)Nc1cc(C#CCN)ccc1C. The molecule has 1 aromatic carbocycles. The molecular weight excluding hydrogens is 282 g/mol. The van der Waals surface area contributed by atoms with Gasteiger partial charge in [0.15, 0.2) is 0 Å². The molecule has 0 saturated carbocycles. The molecule has 1 amide bonds. The van der Waals surface area contributed by atoms with Crippen molar-refractivity contribution in [2.24, 2.45) is 5.73 Å². The lowest BCUT2D eigenvalue weighted by Crippen LogP contribution is -2.35. The van der Waals surface area contributed by atoms with Crippen LogP contribution in [0.5, 0.6) is 0 Å². The third-order valence-electron chi connectivity index (χ3n) is 2.22. The van der Waals surface area contributed by atoms with Crippen LogP contribution in [0.15, 0.2) is 18.2 Å². The summed E-state index contributed by atoms with van der Waals surface area (Å²) in [7, 11) is -2.98. The van der Waals surface area contributed by atoms with Crippen molar-refractivity contribution in [3.8, 4) is 11.8 Å². The predicted octanol–water partition coefficient (Wildman–Crippen LogP) is 0.318. The minimum absolute atomic E-state index is 0.207. The Morgan fingerprint density at radius 1 is 1.45 bits per heavy atom. The first-order chi connectivity index (χ1) is 9.38. The van der Waals surface area contributed by atoms with E-state index in [4.69, 9.17) is 5.73 Å². The molecule has 0 aliphatic rings. The van der Waals surface area contributed by atoms with Crippen molar-refractivity contribution in [3.05, 3.63) is 29.3 Å². The Bertz CT molecular complexity index is 659. The lowest BCUT2D eigenvalue weighted by molar-refractivity contribution is 0.177. The van der Waals surface area contributed by atoms with Gasteiger partial charge in [-0.05, 0) is 24.6 Å². The molecule has 108 valence electrons. The highest BCUT2D eigenvalue weighted by molar-refractivity contribution is 7.91. The minimum Gasteiger partial charge on any atom is -0.452 e. The lowest BCUT2D eigenvalue weighted by atomic mass is 10.1. The van der Waals surface area contributed by atoms with Crippen molar-refractivity contribution in [1.82, 2.24) is 4.72 Å². The summed E-state index contributed by atoms with van der Waals surface area (Å²) in [6.07, 6.45) is -1.07. The van der Waals surface area contributed by atoms with Gasteiger partial charge in [0.2, 0.25) is 0 Å². The van der Waals surface area contributed by atoms with Gasteiger partial charge in [0.1, 0.15) is 0 Å². The molecule has 0 heterocycles. The quantitative estimate of drug-likeness (QED) is 0.696. The molecule has 0 radical (unpaired) electrons. The smallest absolute Gasteiger partial charge is 0.422 e. The fourth-order valence-corrected chi connectivity index (χ4v) is 2.15. The molecule has 0 bridgehead atoms. The Morgan fingerprint density at radius 3 is 2.75 bits per heavy atom. The van der Waals surface area contributed by atoms with Gasteiger partial charge in [-0.3, -0.25) is 4.72 Å². The Kier molecular flexibility index (Phi) is 5.37. The number of aryl methyl sites for hydroxylation is 1. The van der Waals surface area contributed by atoms with Gasteiger partial charge in [0, 0.05) is 5.56 Å². The molecule has 1 rings (SSSR count). The van der Waals surface area contributed by atoms with E-state index in [1.165, 1.54) is 0 Å². The predicted molar refractivity (Wildman–Crippen MR) is 75.2 cm³/mol. The first-order valence-corrected chi connectivity index (χ1v) is 7.04. The second-order valence-electron chi connectivity index (χ2n) is 3.73. The van der Waals surface area contributed by atoms with E-state index in [0.29, 0.717) is 16.8 Å². The van der Waals surface area contributed by atoms with Crippen molar-refractivity contribution in [2.45, 2.75) is 6.92 Å².